The van der Waals surface area contributed by atoms with E-state index < -0.39 is 11.7 Å². The minimum Gasteiger partial charge on any atom is -0.397 e. The van der Waals surface area contributed by atoms with Gasteiger partial charge in [0.1, 0.15) is 0 Å². The number of piperazine rings is 1. The highest BCUT2D eigenvalue weighted by Gasteiger charge is 2.31. The van der Waals surface area contributed by atoms with Crippen LogP contribution in [0.3, 0.4) is 0 Å². The van der Waals surface area contributed by atoms with Gasteiger partial charge in [0.25, 0.3) is 0 Å². The number of halogens is 3. The number of unbranched alkanes of at least 4 members (excludes halogenated alkanes) is 1. The highest BCUT2D eigenvalue weighted by Crippen LogP contribution is 2.32. The van der Waals surface area contributed by atoms with E-state index in [4.69, 9.17) is 5.73 Å². The van der Waals surface area contributed by atoms with E-state index in [1.54, 1.807) is 19.2 Å². The lowest BCUT2D eigenvalue weighted by atomic mass is 10.00. The fourth-order valence-corrected chi connectivity index (χ4v) is 4.59. The minimum atomic E-state index is -4.32. The third kappa shape index (κ3) is 6.23. The van der Waals surface area contributed by atoms with E-state index in [1.807, 2.05) is 35.2 Å². The van der Waals surface area contributed by atoms with Gasteiger partial charge in [-0.25, -0.2) is 0 Å². The van der Waals surface area contributed by atoms with Crippen LogP contribution in [0.1, 0.15) is 41.4 Å². The van der Waals surface area contributed by atoms with Crippen molar-refractivity contribution in [1.29, 1.82) is 0 Å². The maximum atomic E-state index is 13.0. The van der Waals surface area contributed by atoms with Gasteiger partial charge >= 0.3 is 6.18 Å². The average Bonchev–Trinajstić information content (AvgIpc) is 2.87. The lowest BCUT2D eigenvalue weighted by molar-refractivity contribution is -0.137. The Morgan fingerprint density at radius 3 is 2.39 bits per heavy atom. The molecule has 1 aliphatic heterocycles. The van der Waals surface area contributed by atoms with Gasteiger partial charge in [-0.3, -0.25) is 14.7 Å². The Bertz CT molecular complexity index is 1190. The highest BCUT2D eigenvalue weighted by molar-refractivity contribution is 5.94. The van der Waals surface area contributed by atoms with Gasteiger partial charge < -0.3 is 10.6 Å². The molecule has 0 unspecified atom stereocenters. The lowest BCUT2D eigenvalue weighted by Gasteiger charge is -2.36. The molecule has 0 spiro atoms. The largest absolute Gasteiger partial charge is 0.416 e. The molecule has 0 atom stereocenters. The zero-order valence-corrected chi connectivity index (χ0v) is 20.4. The number of ketones is 1. The normalized spacial score (nSPS) is 14.7. The molecule has 5 nitrogen and oxygen atoms in total. The molecule has 3 aromatic rings. The van der Waals surface area contributed by atoms with Gasteiger partial charge in [0.15, 0.2) is 5.78 Å². The summed E-state index contributed by atoms with van der Waals surface area (Å²) in [6.07, 6.45) is 0.151. The number of nitrogens with two attached hydrogens (primary N) is 1. The minimum absolute atomic E-state index is 0.0296. The fraction of sp³-hybridized carbons (Fsp3) is 0.357. The Morgan fingerprint density at radius 2 is 1.72 bits per heavy atom. The first kappa shape index (κ1) is 25.7. The standard InChI is InChI=1S/C28H31F3N4O/c1-20(36)21-8-10-22(11-9-21)25-12-13-33-26(27(25)32)7-2-3-14-34-15-17-35(18-16-34)24-6-4-5-23(19-24)28(29,30)31/h4-6,8-13,19H,2-3,7,14-18,32H2,1H3. The van der Waals surface area contributed by atoms with Gasteiger partial charge in [-0.05, 0) is 62.6 Å². The molecule has 36 heavy (non-hydrogen) atoms. The molecule has 8 heteroatoms. The number of aromatic nitrogens is 1. The van der Waals surface area contributed by atoms with Gasteiger partial charge in [0, 0.05) is 49.2 Å². The van der Waals surface area contributed by atoms with Crippen molar-refractivity contribution in [2.75, 3.05) is 43.4 Å². The third-order valence-electron chi connectivity index (χ3n) is 6.72. The van der Waals surface area contributed by atoms with Gasteiger partial charge in [-0.15, -0.1) is 0 Å². The van der Waals surface area contributed by atoms with Gasteiger partial charge in [0.05, 0.1) is 16.9 Å². The number of alkyl halides is 3. The molecule has 2 aromatic carbocycles. The summed E-state index contributed by atoms with van der Waals surface area (Å²) < 4.78 is 39.1. The first-order chi connectivity index (χ1) is 17.2. The Labute approximate surface area is 209 Å². The average molecular weight is 497 g/mol. The van der Waals surface area contributed by atoms with Crippen molar-refractivity contribution in [2.45, 2.75) is 32.4 Å². The van der Waals surface area contributed by atoms with Crippen molar-refractivity contribution in [3.8, 4) is 11.1 Å². The first-order valence-electron chi connectivity index (χ1n) is 12.2. The molecular formula is C28H31F3N4O. The summed E-state index contributed by atoms with van der Waals surface area (Å²) in [6.45, 7) is 5.54. The SMILES string of the molecule is CC(=O)c1ccc(-c2ccnc(CCCCN3CCN(c4cccc(C(F)(F)F)c4)CC3)c2N)cc1. The predicted octanol–water partition coefficient (Wildman–Crippen LogP) is 5.70. The van der Waals surface area contributed by atoms with E-state index in [0.717, 1.165) is 61.8 Å². The molecule has 1 fully saturated rings. The van der Waals surface area contributed by atoms with Crippen molar-refractivity contribution in [2.24, 2.45) is 0 Å². The number of aryl methyl sites for hydroxylation is 1. The molecule has 2 N–H and O–H groups in total. The molecular weight excluding hydrogens is 465 g/mol. The summed E-state index contributed by atoms with van der Waals surface area (Å²) in [5.74, 6) is 0.0296. The zero-order valence-electron chi connectivity index (χ0n) is 20.4. The monoisotopic (exact) mass is 496 g/mol. The quantitative estimate of drug-likeness (QED) is 0.320. The summed E-state index contributed by atoms with van der Waals surface area (Å²) >= 11 is 0. The third-order valence-corrected chi connectivity index (χ3v) is 6.72. The van der Waals surface area contributed by atoms with Crippen LogP contribution in [0.25, 0.3) is 11.1 Å². The van der Waals surface area contributed by atoms with Crippen molar-refractivity contribution in [3.05, 3.63) is 77.6 Å². The Balaban J connectivity index is 1.25. The Kier molecular flexibility index (Phi) is 7.94. The van der Waals surface area contributed by atoms with E-state index in [0.29, 0.717) is 30.0 Å². The fourth-order valence-electron chi connectivity index (χ4n) is 4.59. The second kappa shape index (κ2) is 11.1. The van der Waals surface area contributed by atoms with Crippen LogP contribution in [-0.4, -0.2) is 48.4 Å². The number of pyridine rings is 1. The zero-order chi connectivity index (χ0) is 25.7. The number of nitrogen functional groups attached to an aromatic ring is 1. The highest BCUT2D eigenvalue weighted by atomic mass is 19.4. The molecule has 0 saturated carbocycles. The molecule has 1 aromatic heterocycles. The van der Waals surface area contributed by atoms with Crippen LogP contribution in [0.5, 0.6) is 0 Å². The summed E-state index contributed by atoms with van der Waals surface area (Å²) in [5, 5.41) is 0. The van der Waals surface area contributed by atoms with Gasteiger partial charge in [0.2, 0.25) is 0 Å². The van der Waals surface area contributed by atoms with Crippen LogP contribution in [0, 0.1) is 0 Å². The molecule has 4 rings (SSSR count). The van der Waals surface area contributed by atoms with Gasteiger partial charge in [-0.2, -0.15) is 13.2 Å². The summed E-state index contributed by atoms with van der Waals surface area (Å²) in [4.78, 5) is 20.4. The first-order valence-corrected chi connectivity index (χ1v) is 12.2. The van der Waals surface area contributed by atoms with E-state index in [-0.39, 0.29) is 5.78 Å². The van der Waals surface area contributed by atoms with Gasteiger partial charge in [-0.1, -0.05) is 30.3 Å². The van der Waals surface area contributed by atoms with Crippen molar-refractivity contribution in [1.82, 2.24) is 9.88 Å². The number of anilines is 2. The van der Waals surface area contributed by atoms with Crippen LogP contribution >= 0.6 is 0 Å². The van der Waals surface area contributed by atoms with Crippen LogP contribution in [-0.2, 0) is 12.6 Å². The van der Waals surface area contributed by atoms with Crippen LogP contribution in [0.4, 0.5) is 24.5 Å². The number of hydrogen-bond donors (Lipinski definition) is 1. The number of benzene rings is 2. The smallest absolute Gasteiger partial charge is 0.397 e. The molecule has 0 radical (unpaired) electrons. The summed E-state index contributed by atoms with van der Waals surface area (Å²) in [5.41, 5.74) is 10.5. The van der Waals surface area contributed by atoms with E-state index in [1.165, 1.54) is 12.1 Å². The van der Waals surface area contributed by atoms with E-state index in [9.17, 15) is 18.0 Å². The van der Waals surface area contributed by atoms with Crippen LogP contribution in [0.2, 0.25) is 0 Å². The van der Waals surface area contributed by atoms with Crippen molar-refractivity contribution < 1.29 is 18.0 Å². The molecule has 0 amide bonds. The van der Waals surface area contributed by atoms with E-state index >= 15 is 0 Å². The number of hydrogen-bond acceptors (Lipinski definition) is 5. The van der Waals surface area contributed by atoms with Crippen LogP contribution in [0.15, 0.2) is 60.8 Å². The number of carbonyl (C=O) groups is 1. The molecule has 0 aliphatic carbocycles. The summed E-state index contributed by atoms with van der Waals surface area (Å²) in [7, 11) is 0. The maximum absolute atomic E-state index is 13.0. The second-order valence-electron chi connectivity index (χ2n) is 9.19. The van der Waals surface area contributed by atoms with E-state index in [2.05, 4.69) is 9.88 Å². The molecule has 2 heterocycles. The van der Waals surface area contributed by atoms with Crippen LogP contribution < -0.4 is 10.6 Å². The summed E-state index contributed by atoms with van der Waals surface area (Å²) in [6, 6.07) is 14.9. The second-order valence-corrected chi connectivity index (χ2v) is 9.19. The Hall–Kier alpha value is -3.39. The molecule has 0 bridgehead atoms. The number of Topliss-reactive ketones (excluding diaryl/α,β-unsaturated/α-hetero) is 1. The predicted molar refractivity (Wildman–Crippen MR) is 137 cm³/mol. The number of rotatable bonds is 8. The number of carbonyl (C=O) groups excluding carboxylic acids is 1. The topological polar surface area (TPSA) is 62.5 Å². The maximum Gasteiger partial charge on any atom is 0.416 e. The number of nitrogens with zero attached hydrogens (tertiary/aromatic N) is 3. The Morgan fingerprint density at radius 1 is 1.00 bits per heavy atom. The molecule has 190 valence electrons. The van der Waals surface area contributed by atoms with Crippen molar-refractivity contribution >= 4 is 17.2 Å². The molecule has 1 saturated heterocycles. The lowest BCUT2D eigenvalue weighted by Crippen LogP contribution is -2.46. The molecule has 1 aliphatic rings. The van der Waals surface area contributed by atoms with Crippen molar-refractivity contribution in [3.63, 3.8) is 0 Å².